The molecule has 7 nitrogen and oxygen atoms in total. The zero-order valence-corrected chi connectivity index (χ0v) is 11.9. The zero-order chi connectivity index (χ0) is 15.1. The molecule has 21 heavy (non-hydrogen) atoms. The summed E-state index contributed by atoms with van der Waals surface area (Å²) in [5.41, 5.74) is 0.862. The van der Waals surface area contributed by atoms with Gasteiger partial charge in [0.05, 0.1) is 0 Å². The Bertz CT molecular complexity index is 570. The van der Waals surface area contributed by atoms with Crippen LogP contribution in [0.25, 0.3) is 11.4 Å². The Morgan fingerprint density at radius 3 is 2.86 bits per heavy atom. The largest absolute Gasteiger partial charge is 0.396 e. The topological polar surface area (TPSA) is 92.9 Å². The highest BCUT2D eigenvalue weighted by atomic mass is 16.3. The second kappa shape index (κ2) is 7.49. The molecule has 2 rings (SSSR count). The molecule has 0 aliphatic heterocycles. The highest BCUT2D eigenvalue weighted by Crippen LogP contribution is 2.11. The Morgan fingerprint density at radius 2 is 2.14 bits per heavy atom. The molecule has 0 radical (unpaired) electrons. The predicted octanol–water partition coefficient (Wildman–Crippen LogP) is 0.617. The molecule has 7 heteroatoms. The van der Waals surface area contributed by atoms with Gasteiger partial charge in [-0.2, -0.15) is 4.80 Å². The molecule has 1 aromatic carbocycles. The third-order valence-corrected chi connectivity index (χ3v) is 2.97. The standard InChI is InChI=1S/C14H19N5O2/c1-11(6-5-9-20)15-13(21)10-19-17-14(16-18-19)12-7-3-2-4-8-12/h2-4,7-8,11,20H,5-6,9-10H2,1H3,(H,15,21). The van der Waals surface area contributed by atoms with Crippen molar-refractivity contribution in [3.63, 3.8) is 0 Å². The Hall–Kier alpha value is -2.28. The van der Waals surface area contributed by atoms with Crippen molar-refractivity contribution in [1.29, 1.82) is 0 Å². The molecule has 0 fully saturated rings. The molecule has 2 aromatic rings. The molecular formula is C14H19N5O2. The number of hydrogen-bond donors (Lipinski definition) is 2. The van der Waals surface area contributed by atoms with Gasteiger partial charge in [0.2, 0.25) is 11.7 Å². The molecule has 1 atom stereocenters. The molecule has 1 unspecified atom stereocenters. The van der Waals surface area contributed by atoms with Gasteiger partial charge < -0.3 is 10.4 Å². The summed E-state index contributed by atoms with van der Waals surface area (Å²) in [6.45, 7) is 2.06. The first-order valence-electron chi connectivity index (χ1n) is 6.92. The second-order valence-electron chi connectivity index (χ2n) is 4.84. The van der Waals surface area contributed by atoms with E-state index >= 15 is 0 Å². The van der Waals surface area contributed by atoms with E-state index in [0.29, 0.717) is 12.2 Å². The number of aromatic nitrogens is 4. The minimum absolute atomic E-state index is 0.0155. The zero-order valence-electron chi connectivity index (χ0n) is 11.9. The van der Waals surface area contributed by atoms with Crippen LogP contribution >= 0.6 is 0 Å². The van der Waals surface area contributed by atoms with Gasteiger partial charge in [-0.3, -0.25) is 4.79 Å². The van der Waals surface area contributed by atoms with Crippen LogP contribution in [0.5, 0.6) is 0 Å². The number of nitrogens with zero attached hydrogens (tertiary/aromatic N) is 4. The fourth-order valence-corrected chi connectivity index (χ4v) is 1.93. The third kappa shape index (κ3) is 4.64. The lowest BCUT2D eigenvalue weighted by Crippen LogP contribution is -2.35. The van der Waals surface area contributed by atoms with Crippen LogP contribution in [-0.4, -0.2) is 43.9 Å². The van der Waals surface area contributed by atoms with Crippen molar-refractivity contribution in [2.75, 3.05) is 6.61 Å². The average Bonchev–Trinajstić information content (AvgIpc) is 2.94. The number of aliphatic hydroxyl groups excluding tert-OH is 1. The number of rotatable bonds is 7. The molecule has 1 amide bonds. The molecule has 2 N–H and O–H groups in total. The van der Waals surface area contributed by atoms with E-state index in [1.165, 1.54) is 4.80 Å². The average molecular weight is 289 g/mol. The third-order valence-electron chi connectivity index (χ3n) is 2.97. The van der Waals surface area contributed by atoms with Crippen molar-refractivity contribution in [3.8, 4) is 11.4 Å². The Labute approximate surface area is 123 Å². The van der Waals surface area contributed by atoms with Crippen LogP contribution in [0.4, 0.5) is 0 Å². The first kappa shape index (κ1) is 15.1. The fourth-order valence-electron chi connectivity index (χ4n) is 1.93. The lowest BCUT2D eigenvalue weighted by molar-refractivity contribution is -0.122. The number of benzene rings is 1. The number of carbonyl (C=O) groups is 1. The van der Waals surface area contributed by atoms with Crippen LogP contribution in [0.1, 0.15) is 19.8 Å². The molecule has 0 aliphatic rings. The minimum atomic E-state index is -0.169. The van der Waals surface area contributed by atoms with Crippen LogP contribution in [0.3, 0.4) is 0 Å². The molecule has 1 heterocycles. The summed E-state index contributed by atoms with van der Waals surface area (Å²) < 4.78 is 0. The van der Waals surface area contributed by atoms with Gasteiger partial charge in [0, 0.05) is 18.2 Å². The summed E-state index contributed by atoms with van der Waals surface area (Å²) in [7, 11) is 0. The van der Waals surface area contributed by atoms with E-state index in [2.05, 4.69) is 20.7 Å². The minimum Gasteiger partial charge on any atom is -0.396 e. The van der Waals surface area contributed by atoms with Crippen LogP contribution in [-0.2, 0) is 11.3 Å². The number of tetrazole rings is 1. The Balaban J connectivity index is 1.89. The smallest absolute Gasteiger partial charge is 0.243 e. The molecular weight excluding hydrogens is 270 g/mol. The Morgan fingerprint density at radius 1 is 1.38 bits per heavy atom. The van der Waals surface area contributed by atoms with Crippen LogP contribution in [0.15, 0.2) is 30.3 Å². The molecule has 0 saturated heterocycles. The molecule has 1 aromatic heterocycles. The molecule has 112 valence electrons. The lowest BCUT2D eigenvalue weighted by Gasteiger charge is -2.12. The predicted molar refractivity (Wildman–Crippen MR) is 77.2 cm³/mol. The summed E-state index contributed by atoms with van der Waals surface area (Å²) in [4.78, 5) is 13.1. The quantitative estimate of drug-likeness (QED) is 0.779. The van der Waals surface area contributed by atoms with E-state index in [9.17, 15) is 4.79 Å². The van der Waals surface area contributed by atoms with Crippen molar-refractivity contribution in [2.24, 2.45) is 0 Å². The first-order chi connectivity index (χ1) is 10.2. The lowest BCUT2D eigenvalue weighted by atomic mass is 10.2. The maximum atomic E-state index is 11.8. The van der Waals surface area contributed by atoms with Crippen LogP contribution in [0.2, 0.25) is 0 Å². The van der Waals surface area contributed by atoms with E-state index < -0.39 is 0 Å². The summed E-state index contributed by atoms with van der Waals surface area (Å²) >= 11 is 0. The van der Waals surface area contributed by atoms with Gasteiger partial charge in [0.15, 0.2) is 0 Å². The maximum Gasteiger partial charge on any atom is 0.243 e. The second-order valence-corrected chi connectivity index (χ2v) is 4.84. The van der Waals surface area contributed by atoms with E-state index in [4.69, 9.17) is 5.11 Å². The van der Waals surface area contributed by atoms with Crippen molar-refractivity contribution >= 4 is 5.91 Å². The molecule has 0 bridgehead atoms. The van der Waals surface area contributed by atoms with Gasteiger partial charge in [-0.05, 0) is 25.0 Å². The van der Waals surface area contributed by atoms with Crippen LogP contribution < -0.4 is 5.32 Å². The fraction of sp³-hybridized carbons (Fsp3) is 0.429. The highest BCUT2D eigenvalue weighted by molar-refractivity contribution is 5.75. The van der Waals surface area contributed by atoms with Gasteiger partial charge in [-0.15, -0.1) is 10.2 Å². The van der Waals surface area contributed by atoms with Gasteiger partial charge in [-0.25, -0.2) is 0 Å². The summed E-state index contributed by atoms with van der Waals surface area (Å²) in [6.07, 6.45) is 1.41. The van der Waals surface area contributed by atoms with E-state index in [0.717, 1.165) is 12.0 Å². The van der Waals surface area contributed by atoms with E-state index in [-0.39, 0.29) is 25.1 Å². The Kier molecular flexibility index (Phi) is 5.39. The van der Waals surface area contributed by atoms with E-state index in [1.807, 2.05) is 37.3 Å². The number of carbonyl (C=O) groups excluding carboxylic acids is 1. The summed E-state index contributed by atoms with van der Waals surface area (Å²) in [6, 6.07) is 9.49. The first-order valence-corrected chi connectivity index (χ1v) is 6.92. The van der Waals surface area contributed by atoms with Crippen molar-refractivity contribution in [3.05, 3.63) is 30.3 Å². The van der Waals surface area contributed by atoms with Gasteiger partial charge in [-0.1, -0.05) is 30.3 Å². The highest BCUT2D eigenvalue weighted by Gasteiger charge is 2.11. The normalized spacial score (nSPS) is 12.1. The SMILES string of the molecule is CC(CCCO)NC(=O)Cn1nnc(-c2ccccc2)n1. The van der Waals surface area contributed by atoms with Crippen LogP contribution in [0, 0.1) is 0 Å². The molecule has 0 aliphatic carbocycles. The number of nitrogens with one attached hydrogen (secondary N) is 1. The number of aliphatic hydroxyl groups is 1. The van der Waals surface area contributed by atoms with Crippen molar-refractivity contribution in [2.45, 2.75) is 32.4 Å². The maximum absolute atomic E-state index is 11.8. The van der Waals surface area contributed by atoms with Crippen molar-refractivity contribution in [1.82, 2.24) is 25.5 Å². The summed E-state index contributed by atoms with van der Waals surface area (Å²) in [5, 5.41) is 23.6. The van der Waals surface area contributed by atoms with E-state index in [1.54, 1.807) is 0 Å². The van der Waals surface area contributed by atoms with Crippen molar-refractivity contribution < 1.29 is 9.90 Å². The molecule has 0 spiro atoms. The number of amides is 1. The van der Waals surface area contributed by atoms with Gasteiger partial charge in [0.25, 0.3) is 0 Å². The number of hydrogen-bond acceptors (Lipinski definition) is 5. The monoisotopic (exact) mass is 289 g/mol. The van der Waals surface area contributed by atoms with Gasteiger partial charge >= 0.3 is 0 Å². The molecule has 0 saturated carbocycles. The van der Waals surface area contributed by atoms with Gasteiger partial charge in [0.1, 0.15) is 6.54 Å². The summed E-state index contributed by atoms with van der Waals surface area (Å²) in [5.74, 6) is 0.328.